The fourth-order valence-corrected chi connectivity index (χ4v) is 7.02. The van der Waals surface area contributed by atoms with E-state index in [1.165, 1.54) is 0 Å². The van der Waals surface area contributed by atoms with Gasteiger partial charge < -0.3 is 154 Å². The molecule has 0 spiro atoms. The van der Waals surface area contributed by atoms with Gasteiger partial charge in [0.2, 0.25) is 23.6 Å². The third kappa shape index (κ3) is 30.8. The van der Waals surface area contributed by atoms with Crippen LogP contribution >= 0.6 is 0 Å². The van der Waals surface area contributed by atoms with Crippen LogP contribution in [0.5, 0.6) is 0 Å². The topological polar surface area (TPSA) is 644 Å². The highest BCUT2D eigenvalue weighted by atomic mass is 16.4. The summed E-state index contributed by atoms with van der Waals surface area (Å²) in [4.78, 5) is 104. The summed E-state index contributed by atoms with van der Waals surface area (Å²) in [6.45, 7) is -6.36. The first-order chi connectivity index (χ1) is 39.5. The summed E-state index contributed by atoms with van der Waals surface area (Å²) in [6, 6.07) is 0. The van der Waals surface area contributed by atoms with Gasteiger partial charge in [0, 0.05) is 117 Å². The van der Waals surface area contributed by atoms with Crippen molar-refractivity contribution >= 4 is 47.3 Å². The summed E-state index contributed by atoms with van der Waals surface area (Å²) in [5, 5.41) is 212. The van der Waals surface area contributed by atoms with Crippen LogP contribution in [0.2, 0.25) is 0 Å². The average molecular weight is 1230 g/mol. The summed E-state index contributed by atoms with van der Waals surface area (Å²) < 4.78 is 0. The van der Waals surface area contributed by atoms with Crippen LogP contribution in [0.3, 0.4) is 0 Å². The Labute approximate surface area is 480 Å². The van der Waals surface area contributed by atoms with Crippen molar-refractivity contribution in [3.8, 4) is 0 Å². The van der Waals surface area contributed by atoms with Crippen LogP contribution < -0.4 is 42.5 Å². The molecule has 0 fully saturated rings. The van der Waals surface area contributed by atoms with E-state index in [9.17, 15) is 120 Å². The summed E-state index contributed by atoms with van der Waals surface area (Å²) in [7, 11) is 0. The van der Waals surface area contributed by atoms with Crippen LogP contribution in [0.1, 0.15) is 25.7 Å². The molecule has 0 radical (unpaired) electrons. The quantitative estimate of drug-likeness (QED) is 0.0252. The van der Waals surface area contributed by atoms with Gasteiger partial charge in [0.1, 0.15) is 73.2 Å². The lowest BCUT2D eigenvalue weighted by atomic mass is 10.0. The van der Waals surface area contributed by atoms with E-state index in [0.717, 1.165) is 0 Å². The zero-order valence-electron chi connectivity index (χ0n) is 45.9. The maximum absolute atomic E-state index is 13.0. The smallest absolute Gasteiger partial charge is 0.251 e. The Kier molecular flexibility index (Phi) is 40.8. The molecule has 0 aliphatic heterocycles. The van der Waals surface area contributed by atoms with Gasteiger partial charge in [-0.3, -0.25) is 38.4 Å². The molecule has 28 N–H and O–H groups in total. The number of hydrogen-bond acceptors (Lipinski definition) is 30. The minimum atomic E-state index is -2.24. The lowest BCUT2D eigenvalue weighted by Gasteiger charge is -2.27. The zero-order chi connectivity index (χ0) is 64.2. The Balaban J connectivity index is 6.09. The Bertz CT molecular complexity index is 1680. The maximum Gasteiger partial charge on any atom is 0.251 e. The molecule has 0 rings (SSSR count). The second-order valence-electron chi connectivity index (χ2n) is 19.0. The predicted molar refractivity (Wildman–Crippen MR) is 280 cm³/mol. The first-order valence-electron chi connectivity index (χ1n) is 26.5. The van der Waals surface area contributed by atoms with Crippen molar-refractivity contribution in [1.29, 1.82) is 0 Å². The maximum atomic E-state index is 13.0. The summed E-state index contributed by atoms with van der Waals surface area (Å²) in [5.74, 6) is -7.22. The van der Waals surface area contributed by atoms with E-state index in [0.29, 0.717) is 0 Å². The number of amides is 8. The van der Waals surface area contributed by atoms with Gasteiger partial charge in [0.15, 0.2) is 24.4 Å². The van der Waals surface area contributed by atoms with E-state index in [2.05, 4.69) is 42.5 Å². The minimum Gasteiger partial charge on any atom is -0.394 e. The fourth-order valence-electron chi connectivity index (χ4n) is 7.02. The normalized spacial score (nSPS) is 17.5. The highest BCUT2D eigenvalue weighted by Crippen LogP contribution is 2.09. The second kappa shape index (κ2) is 43.5. The molecule has 0 heterocycles. The molecule has 0 aromatic rings. The summed E-state index contributed by atoms with van der Waals surface area (Å²) in [6.07, 6.45) is -34.7. The average Bonchev–Trinajstić information content (AvgIpc) is 3.59. The van der Waals surface area contributed by atoms with Crippen molar-refractivity contribution in [1.82, 2.24) is 52.3 Å². The van der Waals surface area contributed by atoms with Gasteiger partial charge >= 0.3 is 0 Å². The van der Waals surface area contributed by atoms with Gasteiger partial charge in [-0.1, -0.05) is 0 Å². The molecule has 0 aliphatic carbocycles. The van der Waals surface area contributed by atoms with E-state index >= 15 is 0 Å². The van der Waals surface area contributed by atoms with Crippen LogP contribution in [-0.2, 0) is 38.4 Å². The Hall–Kier alpha value is -5.12. The molecule has 0 aromatic carbocycles. The van der Waals surface area contributed by atoms with Gasteiger partial charge in [-0.25, -0.2) is 0 Å². The number of carbonyl (C=O) groups is 8. The van der Waals surface area contributed by atoms with Crippen LogP contribution in [-0.4, -0.2) is 375 Å². The van der Waals surface area contributed by atoms with Gasteiger partial charge in [0.05, 0.1) is 26.4 Å². The SMILES string of the molecule is O=C(CCN(CCC(=O)NCCNC(=O)[C@H](O)[C@@H](O)[C@H](O)[C@H](O)CO)CCN(CCC(=O)NCCNC(=O)[C@H](O)[C@@H](O)[C@H](O)[C@H](O)CO)CCC(=O)NCCNC(=O)[C@H](O)[C@@H](O)[C@H](O)[C@H](O)CO)NCCNC(=O)[C@H](O)[C@@H](O)[C@H](O)[C@H](O)CO. The largest absolute Gasteiger partial charge is 0.394 e. The number of aliphatic hydroxyl groups excluding tert-OH is 20. The van der Waals surface area contributed by atoms with Crippen LogP contribution in [0.4, 0.5) is 0 Å². The van der Waals surface area contributed by atoms with Crippen molar-refractivity contribution in [3.05, 3.63) is 0 Å². The van der Waals surface area contributed by atoms with Gasteiger partial charge in [0.25, 0.3) is 23.6 Å². The van der Waals surface area contributed by atoms with E-state index in [4.69, 9.17) is 20.4 Å². The van der Waals surface area contributed by atoms with E-state index in [-0.39, 0.29) is 117 Å². The molecule has 0 aliphatic rings. The molecular weight excluding hydrogens is 1140 g/mol. The Morgan fingerprint density at radius 1 is 0.250 bits per heavy atom. The number of carbonyl (C=O) groups excluding carboxylic acids is 8. The molecule has 0 saturated carbocycles. The first kappa shape index (κ1) is 78.9. The van der Waals surface area contributed by atoms with E-state index < -0.39 is 171 Å². The van der Waals surface area contributed by atoms with Gasteiger partial charge in [-0.15, -0.1) is 0 Å². The monoisotopic (exact) mass is 1230 g/mol. The third-order valence-corrected chi connectivity index (χ3v) is 12.4. The molecular formula is C46H88N10O28. The Morgan fingerprint density at radius 3 is 0.583 bits per heavy atom. The standard InChI is InChI=1S/C46H88N10O28/c57-19-23(61)31(69)35(73)39(77)43(81)51-9-5-47-27(65)1-13-55(14-2-28(66)48-6-10-52-44(82)40(78)36(74)32(70)24(62)20-58)17-18-56(15-3-29(67)49-7-11-53-45(83)41(79)37(75)33(71)25(63)21-59)16-4-30(68)50-8-12-54-46(84)42(80)38(76)34(72)26(64)22-60/h23-26,31-42,57-64,69-80H,1-22H2,(H,47,65)(H,48,66)(H,49,67)(H,50,68)(H,51,81)(H,52,82)(H,53,83)(H,54,84)/t23-,24-,25-,26-,31-,32-,33-,34-,35+,36+,37+,38+,39-,40-,41-,42-/m1/s1. The molecule has 16 atom stereocenters. The highest BCUT2D eigenvalue weighted by Gasteiger charge is 2.37. The van der Waals surface area contributed by atoms with Gasteiger partial charge in [-0.2, -0.15) is 0 Å². The molecule has 490 valence electrons. The van der Waals surface area contributed by atoms with E-state index in [1.807, 2.05) is 0 Å². The third-order valence-electron chi connectivity index (χ3n) is 12.4. The summed E-state index contributed by atoms with van der Waals surface area (Å²) in [5.41, 5.74) is 0. The molecule has 0 unspecified atom stereocenters. The van der Waals surface area contributed by atoms with Crippen LogP contribution in [0, 0.1) is 0 Å². The number of hydrogen-bond donors (Lipinski definition) is 28. The predicted octanol–water partition coefficient (Wildman–Crippen LogP) is -18.2. The number of aliphatic hydroxyl groups is 20. The van der Waals surface area contributed by atoms with Crippen molar-refractivity contribution in [2.75, 3.05) is 118 Å². The second-order valence-corrected chi connectivity index (χ2v) is 19.0. The fraction of sp³-hybridized carbons (Fsp3) is 0.826. The molecule has 0 aromatic heterocycles. The number of nitrogens with zero attached hydrogens (tertiary/aromatic N) is 2. The van der Waals surface area contributed by atoms with Crippen molar-refractivity contribution < 1.29 is 140 Å². The van der Waals surface area contributed by atoms with Crippen molar-refractivity contribution in [2.24, 2.45) is 0 Å². The lowest BCUT2D eigenvalue weighted by Crippen LogP contribution is -2.52. The Morgan fingerprint density at radius 2 is 0.417 bits per heavy atom. The minimum absolute atomic E-state index is 0.0263. The van der Waals surface area contributed by atoms with Crippen LogP contribution in [0.15, 0.2) is 0 Å². The zero-order valence-corrected chi connectivity index (χ0v) is 45.9. The molecule has 38 heteroatoms. The highest BCUT2D eigenvalue weighted by molar-refractivity contribution is 5.83. The lowest BCUT2D eigenvalue weighted by molar-refractivity contribution is -0.149. The van der Waals surface area contributed by atoms with Crippen LogP contribution in [0.25, 0.3) is 0 Å². The number of nitrogens with one attached hydrogen (secondary N) is 8. The molecule has 0 saturated heterocycles. The molecule has 38 nitrogen and oxygen atoms in total. The molecule has 84 heavy (non-hydrogen) atoms. The number of rotatable bonds is 47. The molecule has 8 amide bonds. The molecule has 0 bridgehead atoms. The van der Waals surface area contributed by atoms with E-state index in [1.54, 1.807) is 9.80 Å². The van der Waals surface area contributed by atoms with Crippen molar-refractivity contribution in [2.45, 2.75) is 123 Å². The van der Waals surface area contributed by atoms with Crippen molar-refractivity contribution in [3.63, 3.8) is 0 Å². The first-order valence-corrected chi connectivity index (χ1v) is 26.5. The summed E-state index contributed by atoms with van der Waals surface area (Å²) >= 11 is 0. The van der Waals surface area contributed by atoms with Gasteiger partial charge in [-0.05, 0) is 0 Å².